The first-order chi connectivity index (χ1) is 10.0. The van der Waals surface area contributed by atoms with Gasteiger partial charge in [-0.2, -0.15) is 0 Å². The van der Waals surface area contributed by atoms with Crippen LogP contribution >= 0.6 is 15.9 Å². The second kappa shape index (κ2) is 6.72. The van der Waals surface area contributed by atoms with Crippen molar-refractivity contribution in [3.63, 3.8) is 0 Å². The number of rotatable bonds is 4. The monoisotopic (exact) mass is 351 g/mol. The summed E-state index contributed by atoms with van der Waals surface area (Å²) >= 11 is 3.35. The van der Waals surface area contributed by atoms with E-state index in [9.17, 15) is 9.18 Å². The van der Waals surface area contributed by atoms with Crippen LogP contribution in [0.3, 0.4) is 0 Å². The third kappa shape index (κ3) is 3.82. The van der Waals surface area contributed by atoms with Crippen LogP contribution in [0.1, 0.15) is 28.9 Å². The van der Waals surface area contributed by atoms with E-state index in [-0.39, 0.29) is 17.8 Å². The molecule has 1 unspecified atom stereocenters. The van der Waals surface area contributed by atoms with Crippen molar-refractivity contribution >= 4 is 21.8 Å². The van der Waals surface area contributed by atoms with Crippen molar-refractivity contribution in [1.82, 2.24) is 5.32 Å². The van der Waals surface area contributed by atoms with Crippen LogP contribution in [0.2, 0.25) is 0 Å². The molecular formula is C16H15BrFNO2. The summed E-state index contributed by atoms with van der Waals surface area (Å²) in [7, 11) is 1.55. The predicted octanol–water partition coefficient (Wildman–Crippen LogP) is 4.09. The zero-order valence-electron chi connectivity index (χ0n) is 11.7. The lowest BCUT2D eigenvalue weighted by atomic mass is 10.1. The van der Waals surface area contributed by atoms with Crippen LogP contribution in [0.5, 0.6) is 5.75 Å². The smallest absolute Gasteiger partial charge is 0.253 e. The molecule has 0 fully saturated rings. The molecule has 0 aliphatic heterocycles. The first-order valence-electron chi connectivity index (χ1n) is 6.41. The van der Waals surface area contributed by atoms with Gasteiger partial charge in [0.1, 0.15) is 11.6 Å². The molecule has 5 heteroatoms. The lowest BCUT2D eigenvalue weighted by Gasteiger charge is -2.15. The molecule has 110 valence electrons. The molecule has 0 aromatic heterocycles. The summed E-state index contributed by atoms with van der Waals surface area (Å²) < 4.78 is 18.7. The van der Waals surface area contributed by atoms with E-state index in [1.54, 1.807) is 37.4 Å². The fraction of sp³-hybridized carbons (Fsp3) is 0.188. The van der Waals surface area contributed by atoms with E-state index in [4.69, 9.17) is 4.74 Å². The van der Waals surface area contributed by atoms with Crippen molar-refractivity contribution in [1.29, 1.82) is 0 Å². The Labute approximate surface area is 131 Å². The first kappa shape index (κ1) is 15.5. The normalized spacial score (nSPS) is 11.8. The summed E-state index contributed by atoms with van der Waals surface area (Å²) in [6.45, 7) is 1.85. The third-order valence-electron chi connectivity index (χ3n) is 3.14. The van der Waals surface area contributed by atoms with Gasteiger partial charge in [0.15, 0.2) is 0 Å². The van der Waals surface area contributed by atoms with E-state index in [1.165, 1.54) is 12.1 Å². The van der Waals surface area contributed by atoms with E-state index in [1.807, 2.05) is 6.92 Å². The zero-order valence-corrected chi connectivity index (χ0v) is 13.3. The standard InChI is InChI=1S/C16H15BrFNO2/c1-10(11-3-5-12(18)6-4-11)19-16(20)14-9-13(21-2)7-8-15(14)17/h3-10H,1-2H3,(H,19,20). The number of hydrogen-bond donors (Lipinski definition) is 1. The quantitative estimate of drug-likeness (QED) is 0.900. The van der Waals surface area contributed by atoms with E-state index >= 15 is 0 Å². The highest BCUT2D eigenvalue weighted by Gasteiger charge is 2.15. The lowest BCUT2D eigenvalue weighted by molar-refractivity contribution is 0.0938. The van der Waals surface area contributed by atoms with Gasteiger partial charge in [-0.1, -0.05) is 12.1 Å². The van der Waals surface area contributed by atoms with Crippen LogP contribution in [0, 0.1) is 5.82 Å². The largest absolute Gasteiger partial charge is 0.497 e. The summed E-state index contributed by atoms with van der Waals surface area (Å²) in [5.41, 5.74) is 1.33. The Bertz CT molecular complexity index is 643. The Kier molecular flexibility index (Phi) is 4.96. The summed E-state index contributed by atoms with van der Waals surface area (Å²) in [5.74, 6) is 0.0863. The molecule has 0 bridgehead atoms. The van der Waals surface area contributed by atoms with Gasteiger partial charge in [0.25, 0.3) is 5.91 Å². The number of ether oxygens (including phenoxy) is 1. The molecule has 2 aromatic carbocycles. The van der Waals surface area contributed by atoms with Gasteiger partial charge in [-0.3, -0.25) is 4.79 Å². The molecule has 0 heterocycles. The Morgan fingerprint density at radius 2 is 1.90 bits per heavy atom. The summed E-state index contributed by atoms with van der Waals surface area (Å²) in [6, 6.07) is 11.0. The molecule has 0 saturated heterocycles. The maximum atomic E-state index is 12.9. The topological polar surface area (TPSA) is 38.3 Å². The fourth-order valence-electron chi connectivity index (χ4n) is 1.91. The number of carbonyl (C=O) groups excluding carboxylic acids is 1. The number of hydrogen-bond acceptors (Lipinski definition) is 2. The van der Waals surface area contributed by atoms with Crippen molar-refractivity contribution in [3.05, 3.63) is 63.9 Å². The number of halogens is 2. The Hall–Kier alpha value is -1.88. The number of carbonyl (C=O) groups is 1. The maximum Gasteiger partial charge on any atom is 0.253 e. The minimum absolute atomic E-state index is 0.224. The average Bonchev–Trinajstić information content (AvgIpc) is 2.48. The SMILES string of the molecule is COc1ccc(Br)c(C(=O)NC(C)c2ccc(F)cc2)c1. The molecule has 2 aromatic rings. The predicted molar refractivity (Wildman–Crippen MR) is 83.0 cm³/mol. The van der Waals surface area contributed by atoms with Crippen molar-refractivity contribution < 1.29 is 13.9 Å². The van der Waals surface area contributed by atoms with Crippen molar-refractivity contribution in [2.45, 2.75) is 13.0 Å². The van der Waals surface area contributed by atoms with Crippen LogP contribution in [0.15, 0.2) is 46.9 Å². The third-order valence-corrected chi connectivity index (χ3v) is 3.83. The molecule has 1 atom stereocenters. The summed E-state index contributed by atoms with van der Waals surface area (Å²) in [6.07, 6.45) is 0. The van der Waals surface area contributed by atoms with Gasteiger partial charge in [0, 0.05) is 4.47 Å². The molecule has 1 amide bonds. The maximum absolute atomic E-state index is 12.9. The fourth-order valence-corrected chi connectivity index (χ4v) is 2.34. The van der Waals surface area contributed by atoms with E-state index in [0.717, 1.165) is 5.56 Å². The van der Waals surface area contributed by atoms with Crippen LogP contribution in [0.4, 0.5) is 4.39 Å². The van der Waals surface area contributed by atoms with Gasteiger partial charge in [0.2, 0.25) is 0 Å². The Morgan fingerprint density at radius 1 is 1.24 bits per heavy atom. The molecular weight excluding hydrogens is 337 g/mol. The lowest BCUT2D eigenvalue weighted by Crippen LogP contribution is -2.27. The molecule has 0 spiro atoms. The van der Waals surface area contributed by atoms with E-state index in [2.05, 4.69) is 21.2 Å². The first-order valence-corrected chi connectivity index (χ1v) is 7.20. The van der Waals surface area contributed by atoms with Gasteiger partial charge in [-0.05, 0) is 58.7 Å². The molecule has 2 rings (SSSR count). The molecule has 3 nitrogen and oxygen atoms in total. The Morgan fingerprint density at radius 3 is 2.52 bits per heavy atom. The minimum Gasteiger partial charge on any atom is -0.497 e. The molecule has 0 saturated carbocycles. The Balaban J connectivity index is 2.15. The van der Waals surface area contributed by atoms with Crippen molar-refractivity contribution in [2.75, 3.05) is 7.11 Å². The van der Waals surface area contributed by atoms with Gasteiger partial charge < -0.3 is 10.1 Å². The van der Waals surface area contributed by atoms with Gasteiger partial charge in [0.05, 0.1) is 18.7 Å². The summed E-state index contributed by atoms with van der Waals surface area (Å²) in [5, 5.41) is 2.88. The average molecular weight is 352 g/mol. The summed E-state index contributed by atoms with van der Waals surface area (Å²) in [4.78, 5) is 12.3. The van der Waals surface area contributed by atoms with Gasteiger partial charge >= 0.3 is 0 Å². The minimum atomic E-state index is -0.298. The van der Waals surface area contributed by atoms with E-state index in [0.29, 0.717) is 15.8 Å². The van der Waals surface area contributed by atoms with Crippen molar-refractivity contribution in [2.24, 2.45) is 0 Å². The second-order valence-corrected chi connectivity index (χ2v) is 5.45. The number of benzene rings is 2. The number of methoxy groups -OCH3 is 1. The highest BCUT2D eigenvalue weighted by Crippen LogP contribution is 2.23. The zero-order chi connectivity index (χ0) is 15.4. The number of amides is 1. The molecule has 0 aliphatic rings. The number of nitrogens with one attached hydrogen (secondary N) is 1. The van der Waals surface area contributed by atoms with Crippen LogP contribution in [-0.4, -0.2) is 13.0 Å². The van der Waals surface area contributed by atoms with Gasteiger partial charge in [-0.25, -0.2) is 4.39 Å². The molecule has 0 aliphatic carbocycles. The highest BCUT2D eigenvalue weighted by molar-refractivity contribution is 9.10. The second-order valence-electron chi connectivity index (χ2n) is 4.59. The molecule has 21 heavy (non-hydrogen) atoms. The highest BCUT2D eigenvalue weighted by atomic mass is 79.9. The van der Waals surface area contributed by atoms with Crippen LogP contribution < -0.4 is 10.1 Å². The van der Waals surface area contributed by atoms with E-state index < -0.39 is 0 Å². The van der Waals surface area contributed by atoms with Gasteiger partial charge in [-0.15, -0.1) is 0 Å². The van der Waals surface area contributed by atoms with Crippen LogP contribution in [0.25, 0.3) is 0 Å². The van der Waals surface area contributed by atoms with Crippen molar-refractivity contribution in [3.8, 4) is 5.75 Å². The molecule has 0 radical (unpaired) electrons. The molecule has 1 N–H and O–H groups in total. The van der Waals surface area contributed by atoms with Crippen LogP contribution in [-0.2, 0) is 0 Å².